The molecule has 7 nitrogen and oxygen atoms in total. The van der Waals surface area contributed by atoms with E-state index in [-0.39, 0.29) is 52.7 Å². The van der Waals surface area contributed by atoms with Gasteiger partial charge in [-0.25, -0.2) is 4.79 Å². The molecule has 7 heteroatoms. The van der Waals surface area contributed by atoms with E-state index in [0.29, 0.717) is 18.6 Å². The Bertz CT molecular complexity index is 818. The molecule has 9 atom stereocenters. The zero-order valence-electron chi connectivity index (χ0n) is 16.0. The van der Waals surface area contributed by atoms with Gasteiger partial charge in [0.1, 0.15) is 0 Å². The van der Waals surface area contributed by atoms with Gasteiger partial charge in [-0.15, -0.1) is 0 Å². The highest BCUT2D eigenvalue weighted by Gasteiger charge is 2.74. The first-order valence-corrected chi connectivity index (χ1v) is 10.1. The minimum atomic E-state index is -0.660. The van der Waals surface area contributed by atoms with Crippen molar-refractivity contribution in [1.29, 1.82) is 0 Å². The SMILES string of the molecule is COC1C=C([C@H]2C[C@]34[C@@H](O2)O[C@H](C[C@@]25COC(=O)[C@@H]2CC=C[C@H]53)[C@H]4C)C(=O)O1. The minimum Gasteiger partial charge on any atom is -0.465 e. The van der Waals surface area contributed by atoms with Crippen molar-refractivity contribution in [3.05, 3.63) is 23.8 Å². The molecule has 0 N–H and O–H groups in total. The van der Waals surface area contributed by atoms with Crippen LogP contribution in [0.2, 0.25) is 0 Å². The molecule has 0 aromatic carbocycles. The van der Waals surface area contributed by atoms with E-state index in [1.165, 1.54) is 7.11 Å². The highest BCUT2D eigenvalue weighted by molar-refractivity contribution is 5.92. The Balaban J connectivity index is 1.41. The first-order valence-electron chi connectivity index (χ1n) is 10.1. The van der Waals surface area contributed by atoms with Gasteiger partial charge >= 0.3 is 11.9 Å². The summed E-state index contributed by atoms with van der Waals surface area (Å²) in [6, 6.07) is 0. The molecular formula is C21H24O7. The highest BCUT2D eigenvalue weighted by atomic mass is 16.7. The molecule has 2 bridgehead atoms. The maximum Gasteiger partial charge on any atom is 0.339 e. The van der Waals surface area contributed by atoms with Crippen LogP contribution in [0.25, 0.3) is 0 Å². The van der Waals surface area contributed by atoms with E-state index in [1.807, 2.05) is 0 Å². The largest absolute Gasteiger partial charge is 0.465 e. The molecule has 3 saturated heterocycles. The summed E-state index contributed by atoms with van der Waals surface area (Å²) >= 11 is 0. The van der Waals surface area contributed by atoms with Crippen LogP contribution in [-0.2, 0) is 33.3 Å². The number of hydrogen-bond donors (Lipinski definition) is 0. The molecule has 0 aromatic rings. The molecule has 4 aliphatic heterocycles. The number of allylic oxidation sites excluding steroid dienone is 2. The third-order valence-corrected chi connectivity index (χ3v) is 8.26. The van der Waals surface area contributed by atoms with Crippen LogP contribution in [-0.4, -0.2) is 50.4 Å². The Labute approximate surface area is 163 Å². The number of methoxy groups -OCH3 is 1. The summed E-state index contributed by atoms with van der Waals surface area (Å²) in [5.41, 5.74) is 0.0104. The average molecular weight is 388 g/mol. The van der Waals surface area contributed by atoms with Gasteiger partial charge in [0.25, 0.3) is 0 Å². The fourth-order valence-corrected chi connectivity index (χ4v) is 6.90. The Kier molecular flexibility index (Phi) is 3.35. The van der Waals surface area contributed by atoms with E-state index in [0.717, 1.165) is 12.8 Å². The van der Waals surface area contributed by atoms with E-state index in [9.17, 15) is 9.59 Å². The number of esters is 2. The van der Waals surface area contributed by atoms with Gasteiger partial charge in [-0.2, -0.15) is 0 Å². The Morgan fingerprint density at radius 2 is 2.07 bits per heavy atom. The molecule has 1 saturated carbocycles. The fraction of sp³-hybridized carbons (Fsp3) is 0.714. The summed E-state index contributed by atoms with van der Waals surface area (Å²) in [7, 11) is 1.51. The van der Waals surface area contributed by atoms with E-state index in [1.54, 1.807) is 6.08 Å². The lowest BCUT2D eigenvalue weighted by Crippen LogP contribution is -2.56. The number of fused-ring (bicyclic) bond motifs is 1. The molecule has 0 amide bonds. The summed E-state index contributed by atoms with van der Waals surface area (Å²) in [6.45, 7) is 2.67. The minimum absolute atomic E-state index is 0.0435. The van der Waals surface area contributed by atoms with Crippen molar-refractivity contribution in [2.24, 2.45) is 28.6 Å². The van der Waals surface area contributed by atoms with Crippen molar-refractivity contribution in [3.63, 3.8) is 0 Å². The van der Waals surface area contributed by atoms with Crippen LogP contribution in [0.4, 0.5) is 0 Å². The van der Waals surface area contributed by atoms with Crippen LogP contribution in [0.1, 0.15) is 26.2 Å². The maximum absolute atomic E-state index is 12.4. The fourth-order valence-electron chi connectivity index (χ4n) is 6.90. The van der Waals surface area contributed by atoms with Gasteiger partial charge in [-0.3, -0.25) is 4.79 Å². The first kappa shape index (κ1) is 17.2. The zero-order valence-corrected chi connectivity index (χ0v) is 16.0. The standard InChI is InChI=1S/C21H24O7/c1-10-13-7-20-9-25-18(23)12(20)4-3-5-15(20)21(10)8-14(27-19(21)26-13)11-6-16(24-2)28-17(11)22/h3,5-6,10,12-16,19H,4,7-9H2,1-2H3/t10-,12+,13-,14-,15-,16?,19-,20-,21-/m1/s1. The number of hydrogen-bond acceptors (Lipinski definition) is 7. The second-order valence-electron chi connectivity index (χ2n) is 9.11. The second-order valence-corrected chi connectivity index (χ2v) is 9.11. The van der Waals surface area contributed by atoms with Crippen LogP contribution in [0.3, 0.4) is 0 Å². The van der Waals surface area contributed by atoms with Gasteiger partial charge < -0.3 is 23.7 Å². The molecule has 1 unspecified atom stereocenters. The smallest absolute Gasteiger partial charge is 0.339 e. The van der Waals surface area contributed by atoms with Crippen LogP contribution < -0.4 is 0 Å². The predicted octanol–water partition coefficient (Wildman–Crippen LogP) is 1.72. The number of cyclic esters (lactones) is 2. The summed E-state index contributed by atoms with van der Waals surface area (Å²) in [5, 5.41) is 0. The molecule has 0 radical (unpaired) electrons. The molecule has 6 aliphatic rings. The van der Waals surface area contributed by atoms with E-state index >= 15 is 0 Å². The summed E-state index contributed by atoms with van der Waals surface area (Å²) in [5.74, 6) is -0.181. The second kappa shape index (κ2) is 5.46. The zero-order chi connectivity index (χ0) is 19.3. The molecular weight excluding hydrogens is 364 g/mol. The molecule has 6 rings (SSSR count). The molecule has 2 aliphatic carbocycles. The Morgan fingerprint density at radius 3 is 2.86 bits per heavy atom. The topological polar surface area (TPSA) is 80.3 Å². The van der Waals surface area contributed by atoms with Gasteiger partial charge in [-0.1, -0.05) is 19.1 Å². The quantitative estimate of drug-likeness (QED) is 0.526. The van der Waals surface area contributed by atoms with E-state index < -0.39 is 12.6 Å². The monoisotopic (exact) mass is 388 g/mol. The van der Waals surface area contributed by atoms with Crippen molar-refractivity contribution in [2.45, 2.75) is 51.0 Å². The first-order chi connectivity index (χ1) is 13.5. The van der Waals surface area contributed by atoms with Crippen molar-refractivity contribution in [3.8, 4) is 0 Å². The van der Waals surface area contributed by atoms with Crippen molar-refractivity contribution >= 4 is 11.9 Å². The van der Waals surface area contributed by atoms with Crippen LogP contribution in [0.15, 0.2) is 23.8 Å². The van der Waals surface area contributed by atoms with Crippen molar-refractivity contribution < 1.29 is 33.3 Å². The predicted molar refractivity (Wildman–Crippen MR) is 93.5 cm³/mol. The average Bonchev–Trinajstić information content (AvgIpc) is 3.37. The van der Waals surface area contributed by atoms with Gasteiger partial charge in [0.15, 0.2) is 6.29 Å². The van der Waals surface area contributed by atoms with Crippen molar-refractivity contribution in [2.75, 3.05) is 13.7 Å². The van der Waals surface area contributed by atoms with E-state index in [4.69, 9.17) is 23.7 Å². The number of ether oxygens (including phenoxy) is 5. The van der Waals surface area contributed by atoms with Gasteiger partial charge in [0, 0.05) is 17.9 Å². The third-order valence-electron chi connectivity index (χ3n) is 8.26. The third kappa shape index (κ3) is 1.86. The number of carbonyl (C=O) groups is 2. The molecule has 4 heterocycles. The van der Waals surface area contributed by atoms with Crippen LogP contribution >= 0.6 is 0 Å². The summed E-state index contributed by atoms with van der Waals surface area (Å²) in [6.07, 6.45) is 6.91. The highest BCUT2D eigenvalue weighted by Crippen LogP contribution is 2.71. The molecule has 2 spiro atoms. The molecule has 28 heavy (non-hydrogen) atoms. The number of rotatable bonds is 2. The van der Waals surface area contributed by atoms with Gasteiger partial charge in [0.2, 0.25) is 6.29 Å². The summed E-state index contributed by atoms with van der Waals surface area (Å²) in [4.78, 5) is 24.8. The number of carbonyl (C=O) groups excluding carboxylic acids is 2. The molecule has 150 valence electrons. The molecule has 0 aromatic heterocycles. The Morgan fingerprint density at radius 1 is 1.21 bits per heavy atom. The molecule has 4 fully saturated rings. The van der Waals surface area contributed by atoms with E-state index in [2.05, 4.69) is 19.1 Å². The lowest BCUT2D eigenvalue weighted by molar-refractivity contribution is -0.159. The summed E-state index contributed by atoms with van der Waals surface area (Å²) < 4.78 is 28.6. The van der Waals surface area contributed by atoms with Crippen LogP contribution in [0.5, 0.6) is 0 Å². The van der Waals surface area contributed by atoms with Crippen molar-refractivity contribution in [1.82, 2.24) is 0 Å². The maximum atomic E-state index is 12.4. The lowest BCUT2D eigenvalue weighted by Gasteiger charge is -2.54. The van der Waals surface area contributed by atoms with Gasteiger partial charge in [-0.05, 0) is 37.2 Å². The normalized spacial score (nSPS) is 53.4. The van der Waals surface area contributed by atoms with Crippen LogP contribution in [0, 0.1) is 28.6 Å². The lowest BCUT2D eigenvalue weighted by atomic mass is 9.46. The van der Waals surface area contributed by atoms with Gasteiger partial charge in [0.05, 0.1) is 30.3 Å². The Hall–Kier alpha value is -1.70.